The molecule has 15 heavy (non-hydrogen) atoms. The fourth-order valence-corrected chi connectivity index (χ4v) is 1.65. The number of benzene rings is 1. The zero-order valence-corrected chi connectivity index (χ0v) is 10.3. The Bertz CT molecular complexity index is 671. The summed E-state index contributed by atoms with van der Waals surface area (Å²) in [6.07, 6.45) is 0. The Kier molecular flexibility index (Phi) is 2.65. The molecule has 0 saturated heterocycles. The van der Waals surface area contributed by atoms with E-state index in [0.29, 0.717) is 5.65 Å². The van der Waals surface area contributed by atoms with E-state index < -0.39 is 0 Å². The number of nitrogens with zero attached hydrogens (tertiary/aromatic N) is 2. The third kappa shape index (κ3) is 1.51. The van der Waals surface area contributed by atoms with Crippen molar-refractivity contribution in [3.8, 4) is 0 Å². The van der Waals surface area contributed by atoms with Crippen molar-refractivity contribution in [2.45, 2.75) is 0 Å². The number of aromatic amines is 1. The van der Waals surface area contributed by atoms with Crippen LogP contribution in [0.4, 0.5) is 0 Å². The van der Waals surface area contributed by atoms with Gasteiger partial charge in [-0.3, -0.25) is 0 Å². The van der Waals surface area contributed by atoms with Crippen LogP contribution < -0.4 is 5.69 Å². The first kappa shape index (κ1) is 10.4. The molecule has 0 bridgehead atoms. The van der Waals surface area contributed by atoms with Crippen molar-refractivity contribution in [1.82, 2.24) is 14.6 Å². The summed E-state index contributed by atoms with van der Waals surface area (Å²) in [5.41, 5.74) is 1.33. The van der Waals surface area contributed by atoms with Crippen LogP contribution in [0.2, 0.25) is 0 Å². The maximum Gasteiger partial charge on any atom is 0.348 e. The SMILES string of the molecule is O=c1[nH]nc2ccc3ccccc3n12.[Na]. The fourth-order valence-electron chi connectivity index (χ4n) is 1.65. The van der Waals surface area contributed by atoms with E-state index in [1.165, 1.54) is 0 Å². The van der Waals surface area contributed by atoms with Gasteiger partial charge in [-0.2, -0.15) is 5.10 Å². The molecule has 2 aromatic heterocycles. The zero-order valence-electron chi connectivity index (χ0n) is 8.27. The summed E-state index contributed by atoms with van der Waals surface area (Å²) in [4.78, 5) is 11.4. The molecule has 0 atom stereocenters. The molecule has 0 aliphatic rings. The first-order chi connectivity index (χ1) is 6.86. The summed E-state index contributed by atoms with van der Waals surface area (Å²) in [5, 5.41) is 7.35. The summed E-state index contributed by atoms with van der Waals surface area (Å²) in [6.45, 7) is 0. The van der Waals surface area contributed by atoms with Crippen LogP contribution in [0.5, 0.6) is 0 Å². The predicted molar refractivity (Wildman–Crippen MR) is 59.1 cm³/mol. The van der Waals surface area contributed by atoms with Crippen LogP contribution in [0.15, 0.2) is 41.2 Å². The molecule has 1 N–H and O–H groups in total. The Hall–Kier alpha value is -1.10. The molecule has 4 nitrogen and oxygen atoms in total. The molecule has 1 aromatic carbocycles. The second kappa shape index (κ2) is 3.81. The van der Waals surface area contributed by atoms with E-state index in [4.69, 9.17) is 0 Å². The average molecular weight is 208 g/mol. The van der Waals surface area contributed by atoms with Crippen molar-refractivity contribution in [2.75, 3.05) is 0 Å². The van der Waals surface area contributed by atoms with E-state index in [0.717, 1.165) is 10.9 Å². The first-order valence-corrected chi connectivity index (χ1v) is 4.31. The number of pyridine rings is 1. The van der Waals surface area contributed by atoms with Crippen LogP contribution in [0.1, 0.15) is 0 Å². The number of hydrogen-bond acceptors (Lipinski definition) is 2. The summed E-state index contributed by atoms with van der Waals surface area (Å²) < 4.78 is 1.56. The average Bonchev–Trinajstić information content (AvgIpc) is 2.61. The van der Waals surface area contributed by atoms with Gasteiger partial charge in [0.15, 0.2) is 5.65 Å². The standard InChI is InChI=1S/C10H7N3O.Na/c14-10-12-11-9-6-5-7-3-1-2-4-8(7)13(9)10;/h1-6H,(H,12,14);. The maximum atomic E-state index is 11.4. The van der Waals surface area contributed by atoms with Gasteiger partial charge in [0, 0.05) is 29.6 Å². The van der Waals surface area contributed by atoms with Crippen LogP contribution in [0.25, 0.3) is 16.6 Å². The number of aromatic nitrogens is 3. The van der Waals surface area contributed by atoms with E-state index in [9.17, 15) is 4.79 Å². The van der Waals surface area contributed by atoms with Gasteiger partial charge < -0.3 is 0 Å². The minimum Gasteiger partial charge on any atom is -0.246 e. The smallest absolute Gasteiger partial charge is 0.246 e. The van der Waals surface area contributed by atoms with Crippen molar-refractivity contribution >= 4 is 46.1 Å². The van der Waals surface area contributed by atoms with Crippen LogP contribution in [0.3, 0.4) is 0 Å². The van der Waals surface area contributed by atoms with Crippen LogP contribution >= 0.6 is 0 Å². The molecule has 2 heterocycles. The van der Waals surface area contributed by atoms with Crippen LogP contribution in [0, 0.1) is 0 Å². The second-order valence-electron chi connectivity index (χ2n) is 3.11. The quantitative estimate of drug-likeness (QED) is 0.555. The van der Waals surface area contributed by atoms with Gasteiger partial charge in [0.05, 0.1) is 5.52 Å². The Balaban J connectivity index is 0.000000853. The zero-order chi connectivity index (χ0) is 9.54. The normalized spacial score (nSPS) is 10.4. The number of rotatable bonds is 0. The van der Waals surface area contributed by atoms with E-state index >= 15 is 0 Å². The number of para-hydroxylation sites is 1. The summed E-state index contributed by atoms with van der Waals surface area (Å²) in [6, 6.07) is 11.5. The molecular weight excluding hydrogens is 201 g/mol. The van der Waals surface area contributed by atoms with E-state index in [2.05, 4.69) is 10.2 Å². The fraction of sp³-hybridized carbons (Fsp3) is 0. The molecule has 0 unspecified atom stereocenters. The molecule has 0 saturated carbocycles. The number of H-pyrrole nitrogens is 1. The van der Waals surface area contributed by atoms with Gasteiger partial charge in [-0.25, -0.2) is 14.3 Å². The topological polar surface area (TPSA) is 50.2 Å². The second-order valence-corrected chi connectivity index (χ2v) is 3.11. The van der Waals surface area contributed by atoms with Crippen molar-refractivity contribution in [3.63, 3.8) is 0 Å². The van der Waals surface area contributed by atoms with Gasteiger partial charge in [-0.15, -0.1) is 0 Å². The minimum atomic E-state index is -0.197. The number of hydrogen-bond donors (Lipinski definition) is 1. The summed E-state index contributed by atoms with van der Waals surface area (Å²) in [7, 11) is 0. The van der Waals surface area contributed by atoms with Gasteiger partial charge in [0.25, 0.3) is 0 Å². The Morgan fingerprint density at radius 3 is 2.80 bits per heavy atom. The van der Waals surface area contributed by atoms with Gasteiger partial charge in [-0.1, -0.05) is 18.2 Å². The maximum absolute atomic E-state index is 11.4. The number of nitrogens with one attached hydrogen (secondary N) is 1. The molecule has 0 fully saturated rings. The Morgan fingerprint density at radius 1 is 1.13 bits per heavy atom. The van der Waals surface area contributed by atoms with E-state index in [1.807, 2.05) is 36.4 Å². The summed E-state index contributed by atoms with van der Waals surface area (Å²) >= 11 is 0. The molecule has 69 valence electrons. The van der Waals surface area contributed by atoms with E-state index in [1.54, 1.807) is 4.40 Å². The number of fused-ring (bicyclic) bond motifs is 3. The molecule has 1 radical (unpaired) electrons. The van der Waals surface area contributed by atoms with Gasteiger partial charge in [0.1, 0.15) is 0 Å². The largest absolute Gasteiger partial charge is 0.348 e. The van der Waals surface area contributed by atoms with Crippen molar-refractivity contribution < 1.29 is 0 Å². The predicted octanol–water partition coefficient (Wildman–Crippen LogP) is 0.795. The third-order valence-electron chi connectivity index (χ3n) is 2.29. The van der Waals surface area contributed by atoms with Gasteiger partial charge >= 0.3 is 5.69 Å². The molecule has 3 aromatic rings. The van der Waals surface area contributed by atoms with Gasteiger partial charge in [0.2, 0.25) is 0 Å². The van der Waals surface area contributed by atoms with Crippen molar-refractivity contribution in [2.24, 2.45) is 0 Å². The molecule has 0 spiro atoms. The third-order valence-corrected chi connectivity index (χ3v) is 2.29. The van der Waals surface area contributed by atoms with Crippen molar-refractivity contribution in [1.29, 1.82) is 0 Å². The molecule has 0 aliphatic heterocycles. The monoisotopic (exact) mass is 208 g/mol. The Labute approximate surface area is 107 Å². The molecule has 0 aliphatic carbocycles. The minimum absolute atomic E-state index is 0. The molecular formula is C10H7N3NaO. The van der Waals surface area contributed by atoms with E-state index in [-0.39, 0.29) is 35.2 Å². The van der Waals surface area contributed by atoms with Gasteiger partial charge in [-0.05, 0) is 23.6 Å². The Morgan fingerprint density at radius 2 is 1.93 bits per heavy atom. The molecule has 0 amide bonds. The van der Waals surface area contributed by atoms with Crippen molar-refractivity contribution in [3.05, 3.63) is 46.9 Å². The first-order valence-electron chi connectivity index (χ1n) is 4.31. The molecule has 5 heteroatoms. The summed E-state index contributed by atoms with van der Waals surface area (Å²) in [5.74, 6) is 0. The van der Waals surface area contributed by atoms with Crippen LogP contribution in [-0.2, 0) is 0 Å². The van der Waals surface area contributed by atoms with Crippen LogP contribution in [-0.4, -0.2) is 44.2 Å². The molecule has 3 rings (SSSR count).